The molecular weight excluding hydrogens is 320 g/mol. The summed E-state index contributed by atoms with van der Waals surface area (Å²) in [5.74, 6) is 0.940. The predicted octanol–water partition coefficient (Wildman–Crippen LogP) is 2.70. The quantitative estimate of drug-likeness (QED) is 0.913. The van der Waals surface area contributed by atoms with Gasteiger partial charge in [-0.15, -0.1) is 23.7 Å². The second kappa shape index (κ2) is 8.29. The number of nitrogens with one attached hydrogen (secondary N) is 1. The third-order valence-electron chi connectivity index (χ3n) is 4.42. The van der Waals surface area contributed by atoms with E-state index in [-0.39, 0.29) is 18.3 Å². The van der Waals surface area contributed by atoms with E-state index >= 15 is 0 Å². The van der Waals surface area contributed by atoms with E-state index in [0.717, 1.165) is 62.8 Å². The maximum absolute atomic E-state index is 12.6. The molecule has 3 heterocycles. The molecule has 4 nitrogen and oxygen atoms in total. The lowest BCUT2D eigenvalue weighted by Crippen LogP contribution is -2.40. The van der Waals surface area contributed by atoms with E-state index in [0.29, 0.717) is 6.61 Å². The summed E-state index contributed by atoms with van der Waals surface area (Å²) in [6.45, 7) is 7.51. The lowest BCUT2D eigenvalue weighted by atomic mass is 9.96. The van der Waals surface area contributed by atoms with Crippen molar-refractivity contribution in [3.63, 3.8) is 0 Å². The molecule has 2 aliphatic heterocycles. The smallest absolute Gasteiger partial charge is 0.263 e. The maximum Gasteiger partial charge on any atom is 0.263 e. The van der Waals surface area contributed by atoms with Crippen molar-refractivity contribution in [1.29, 1.82) is 0 Å². The monoisotopic (exact) mass is 344 g/mol. The summed E-state index contributed by atoms with van der Waals surface area (Å²) in [5.41, 5.74) is 1.22. The molecule has 1 aromatic heterocycles. The zero-order valence-corrected chi connectivity index (χ0v) is 14.7. The van der Waals surface area contributed by atoms with Gasteiger partial charge in [-0.25, -0.2) is 0 Å². The van der Waals surface area contributed by atoms with Gasteiger partial charge in [-0.2, -0.15) is 0 Å². The molecule has 6 heteroatoms. The lowest BCUT2D eigenvalue weighted by Gasteiger charge is -2.31. The number of thiophene rings is 1. The topological polar surface area (TPSA) is 41.6 Å². The minimum atomic E-state index is 0. The number of halogens is 1. The number of hydrogen-bond acceptors (Lipinski definition) is 4. The minimum absolute atomic E-state index is 0. The van der Waals surface area contributed by atoms with Crippen LogP contribution in [0.25, 0.3) is 0 Å². The number of likely N-dealkylation sites (tertiary alicyclic amines) is 1. The van der Waals surface area contributed by atoms with Crippen molar-refractivity contribution in [2.45, 2.75) is 32.8 Å². The highest BCUT2D eigenvalue weighted by Gasteiger charge is 2.25. The number of fused-ring (bicyclic) bond motifs is 1. The molecule has 1 amide bonds. The van der Waals surface area contributed by atoms with Crippen LogP contribution in [-0.2, 0) is 17.8 Å². The molecule has 1 fully saturated rings. The predicted molar refractivity (Wildman–Crippen MR) is 92.1 cm³/mol. The molecule has 0 aromatic carbocycles. The van der Waals surface area contributed by atoms with Gasteiger partial charge >= 0.3 is 0 Å². The highest BCUT2D eigenvalue weighted by atomic mass is 35.5. The van der Waals surface area contributed by atoms with Crippen molar-refractivity contribution in [2.24, 2.45) is 5.92 Å². The first-order valence-electron chi connectivity index (χ1n) is 7.97. The van der Waals surface area contributed by atoms with E-state index < -0.39 is 0 Å². The van der Waals surface area contributed by atoms with Crippen LogP contribution < -0.4 is 5.32 Å². The SMILES string of the molecule is CCNCC1CCN(C(=O)c2cc3c(s2)CCOC3)CC1.Cl. The standard InChI is InChI=1S/C16H24N2O2S.ClH/c1-2-17-10-12-3-6-18(7-4-12)16(19)15-9-13-11-20-8-5-14(13)21-15;/h9,12,17H,2-8,10-11H2,1H3;1H. The Kier molecular flexibility index (Phi) is 6.68. The summed E-state index contributed by atoms with van der Waals surface area (Å²) in [6.07, 6.45) is 3.19. The van der Waals surface area contributed by atoms with Gasteiger partial charge < -0.3 is 15.0 Å². The fourth-order valence-corrected chi connectivity index (χ4v) is 4.21. The van der Waals surface area contributed by atoms with E-state index in [2.05, 4.69) is 12.2 Å². The lowest BCUT2D eigenvalue weighted by molar-refractivity contribution is 0.0695. The summed E-state index contributed by atoms with van der Waals surface area (Å²) in [7, 11) is 0. The van der Waals surface area contributed by atoms with Gasteiger partial charge in [0.15, 0.2) is 0 Å². The molecule has 0 aliphatic carbocycles. The minimum Gasteiger partial charge on any atom is -0.376 e. The van der Waals surface area contributed by atoms with E-state index in [1.165, 1.54) is 10.4 Å². The first-order chi connectivity index (χ1) is 10.3. The van der Waals surface area contributed by atoms with Gasteiger partial charge in [0.2, 0.25) is 0 Å². The molecule has 22 heavy (non-hydrogen) atoms. The summed E-state index contributed by atoms with van der Waals surface area (Å²) >= 11 is 1.67. The van der Waals surface area contributed by atoms with Gasteiger partial charge in [-0.1, -0.05) is 6.92 Å². The zero-order valence-electron chi connectivity index (χ0n) is 13.1. The van der Waals surface area contributed by atoms with Gasteiger partial charge in [0, 0.05) is 24.4 Å². The summed E-state index contributed by atoms with van der Waals surface area (Å²) in [5, 5.41) is 3.41. The molecule has 2 aliphatic rings. The van der Waals surface area contributed by atoms with Crippen molar-refractivity contribution in [1.82, 2.24) is 10.2 Å². The van der Waals surface area contributed by atoms with Crippen LogP contribution in [0, 0.1) is 5.92 Å². The Morgan fingerprint density at radius 1 is 1.45 bits per heavy atom. The Bertz CT molecular complexity index is 475. The van der Waals surface area contributed by atoms with Gasteiger partial charge in [0.25, 0.3) is 5.91 Å². The highest BCUT2D eigenvalue weighted by molar-refractivity contribution is 7.14. The molecule has 1 saturated heterocycles. The highest BCUT2D eigenvalue weighted by Crippen LogP contribution is 2.29. The van der Waals surface area contributed by atoms with E-state index in [4.69, 9.17) is 4.74 Å². The van der Waals surface area contributed by atoms with Crippen molar-refractivity contribution >= 4 is 29.7 Å². The second-order valence-corrected chi connectivity index (χ2v) is 7.04. The molecular formula is C16H25ClN2O2S. The fraction of sp³-hybridized carbons (Fsp3) is 0.688. The van der Waals surface area contributed by atoms with Crippen LogP contribution in [0.1, 0.15) is 39.9 Å². The van der Waals surface area contributed by atoms with Gasteiger partial charge in [0.05, 0.1) is 18.1 Å². The molecule has 124 valence electrons. The van der Waals surface area contributed by atoms with Gasteiger partial charge in [-0.3, -0.25) is 4.79 Å². The number of nitrogens with zero attached hydrogens (tertiary/aromatic N) is 1. The fourth-order valence-electron chi connectivity index (χ4n) is 3.10. The van der Waals surface area contributed by atoms with Crippen molar-refractivity contribution in [3.05, 3.63) is 21.4 Å². The Hall–Kier alpha value is -0.620. The third-order valence-corrected chi connectivity index (χ3v) is 5.65. The van der Waals surface area contributed by atoms with Crippen LogP contribution in [0.3, 0.4) is 0 Å². The average molecular weight is 345 g/mol. The van der Waals surface area contributed by atoms with Crippen molar-refractivity contribution < 1.29 is 9.53 Å². The van der Waals surface area contributed by atoms with E-state index in [1.807, 2.05) is 11.0 Å². The number of carbonyl (C=O) groups excluding carboxylic acids is 1. The third kappa shape index (κ3) is 4.02. The summed E-state index contributed by atoms with van der Waals surface area (Å²) in [4.78, 5) is 16.9. The van der Waals surface area contributed by atoms with Crippen LogP contribution in [0.2, 0.25) is 0 Å². The van der Waals surface area contributed by atoms with E-state index in [1.54, 1.807) is 11.3 Å². The van der Waals surface area contributed by atoms with Gasteiger partial charge in [-0.05, 0) is 43.5 Å². The van der Waals surface area contributed by atoms with Crippen LogP contribution in [0.4, 0.5) is 0 Å². The van der Waals surface area contributed by atoms with Crippen LogP contribution in [-0.4, -0.2) is 43.6 Å². The molecule has 0 radical (unpaired) electrons. The molecule has 0 bridgehead atoms. The second-order valence-electron chi connectivity index (χ2n) is 5.90. The van der Waals surface area contributed by atoms with Crippen LogP contribution in [0.5, 0.6) is 0 Å². The Labute approximate surface area is 142 Å². The number of piperidine rings is 1. The number of amides is 1. The van der Waals surface area contributed by atoms with Gasteiger partial charge in [0.1, 0.15) is 0 Å². The normalized spacial score (nSPS) is 18.7. The van der Waals surface area contributed by atoms with Crippen LogP contribution >= 0.6 is 23.7 Å². The van der Waals surface area contributed by atoms with Crippen molar-refractivity contribution in [2.75, 3.05) is 32.8 Å². The Balaban J connectivity index is 0.00000176. The van der Waals surface area contributed by atoms with Crippen molar-refractivity contribution in [3.8, 4) is 0 Å². The zero-order chi connectivity index (χ0) is 14.7. The number of rotatable bonds is 4. The molecule has 3 rings (SSSR count). The molecule has 0 saturated carbocycles. The number of carbonyl (C=O) groups is 1. The van der Waals surface area contributed by atoms with E-state index in [9.17, 15) is 4.79 Å². The largest absolute Gasteiger partial charge is 0.376 e. The molecule has 0 spiro atoms. The average Bonchev–Trinajstić information content (AvgIpc) is 2.96. The molecule has 0 atom stereocenters. The molecule has 0 unspecified atom stereocenters. The first-order valence-corrected chi connectivity index (χ1v) is 8.79. The first kappa shape index (κ1) is 17.7. The Morgan fingerprint density at radius 3 is 2.91 bits per heavy atom. The maximum atomic E-state index is 12.6. The Morgan fingerprint density at radius 2 is 2.23 bits per heavy atom. The molecule has 1 aromatic rings. The summed E-state index contributed by atoms with van der Waals surface area (Å²) in [6, 6.07) is 2.05. The summed E-state index contributed by atoms with van der Waals surface area (Å²) < 4.78 is 5.46. The number of ether oxygens (including phenoxy) is 1. The molecule has 1 N–H and O–H groups in total. The van der Waals surface area contributed by atoms with Crippen LogP contribution in [0.15, 0.2) is 6.07 Å². The number of hydrogen-bond donors (Lipinski definition) is 1.